The molecule has 1 saturated carbocycles. The summed E-state index contributed by atoms with van der Waals surface area (Å²) in [6.45, 7) is 3.61. The van der Waals surface area contributed by atoms with Gasteiger partial charge in [-0.3, -0.25) is 5.32 Å². The molecule has 0 saturated heterocycles. The SMILES string of the molecule is Cc1noc(-c2ccc(-c3ccc(C4(c5nn[nH]n5)CC4)cc3)cc2)c1NC(=O)O[C@H](C)c1ccccc1.[HH].[HH]. The second-order valence-electron chi connectivity index (χ2n) is 9.53. The molecule has 6 rings (SSSR count). The highest BCUT2D eigenvalue weighted by atomic mass is 16.6. The molecule has 0 bridgehead atoms. The number of amides is 1. The summed E-state index contributed by atoms with van der Waals surface area (Å²) in [5.41, 5.74) is 6.00. The fourth-order valence-electron chi connectivity index (χ4n) is 4.72. The third-order valence-electron chi connectivity index (χ3n) is 7.08. The highest BCUT2D eigenvalue weighted by molar-refractivity contribution is 5.91. The Balaban J connectivity index is 0.00000185. The summed E-state index contributed by atoms with van der Waals surface area (Å²) >= 11 is 0. The zero-order chi connectivity index (χ0) is 26.1. The molecule has 0 spiro atoms. The maximum atomic E-state index is 12.6. The molecular weight excluding hydrogens is 480 g/mol. The lowest BCUT2D eigenvalue weighted by molar-refractivity contribution is 0.121. The van der Waals surface area contributed by atoms with Crippen LogP contribution in [0.2, 0.25) is 0 Å². The summed E-state index contributed by atoms with van der Waals surface area (Å²) in [7, 11) is 0. The smallest absolute Gasteiger partial charge is 0.412 e. The van der Waals surface area contributed by atoms with Crippen LogP contribution in [0.25, 0.3) is 22.5 Å². The molecule has 9 heteroatoms. The number of hydrogen-bond acceptors (Lipinski definition) is 7. The van der Waals surface area contributed by atoms with E-state index < -0.39 is 12.2 Å². The minimum atomic E-state index is -0.570. The number of carbonyl (C=O) groups is 1. The van der Waals surface area contributed by atoms with Gasteiger partial charge in [0.2, 0.25) is 0 Å². The van der Waals surface area contributed by atoms with E-state index in [1.807, 2.05) is 61.5 Å². The molecular formula is C29H30N6O3. The first-order valence-electron chi connectivity index (χ1n) is 12.5. The van der Waals surface area contributed by atoms with Crippen LogP contribution in [0.1, 0.15) is 51.4 Å². The average molecular weight is 511 g/mol. The first-order chi connectivity index (χ1) is 18.5. The maximum Gasteiger partial charge on any atom is 0.412 e. The fourth-order valence-corrected chi connectivity index (χ4v) is 4.72. The van der Waals surface area contributed by atoms with E-state index in [1.165, 1.54) is 5.56 Å². The van der Waals surface area contributed by atoms with Gasteiger partial charge in [-0.1, -0.05) is 89.2 Å². The van der Waals surface area contributed by atoms with Crippen molar-refractivity contribution in [2.75, 3.05) is 5.32 Å². The number of tetrazole rings is 1. The molecule has 2 N–H and O–H groups in total. The van der Waals surface area contributed by atoms with Gasteiger partial charge in [0.1, 0.15) is 17.5 Å². The molecule has 1 amide bonds. The second kappa shape index (κ2) is 9.59. The van der Waals surface area contributed by atoms with Crippen molar-refractivity contribution in [3.8, 4) is 22.5 Å². The Morgan fingerprint density at radius 2 is 1.66 bits per heavy atom. The van der Waals surface area contributed by atoms with Gasteiger partial charge >= 0.3 is 6.09 Å². The number of H-pyrrole nitrogens is 1. The molecule has 9 nitrogen and oxygen atoms in total. The molecule has 38 heavy (non-hydrogen) atoms. The van der Waals surface area contributed by atoms with Crippen LogP contribution in [0.4, 0.5) is 10.5 Å². The van der Waals surface area contributed by atoms with Gasteiger partial charge in [-0.15, -0.1) is 10.2 Å². The lowest BCUT2D eigenvalue weighted by Gasteiger charge is -2.14. The predicted octanol–water partition coefficient (Wildman–Crippen LogP) is 6.71. The number of aromatic nitrogens is 5. The van der Waals surface area contributed by atoms with Gasteiger partial charge in [0.15, 0.2) is 11.6 Å². The third kappa shape index (κ3) is 4.43. The Bertz CT molecular complexity index is 1550. The minimum absolute atomic E-state index is 0. The zero-order valence-electron chi connectivity index (χ0n) is 21.0. The van der Waals surface area contributed by atoms with E-state index in [1.54, 1.807) is 6.92 Å². The van der Waals surface area contributed by atoms with Crippen LogP contribution in [-0.4, -0.2) is 31.9 Å². The Hall–Kier alpha value is -4.79. The molecule has 0 aliphatic heterocycles. The number of anilines is 1. The molecule has 5 aromatic rings. The number of rotatable bonds is 7. The monoisotopic (exact) mass is 510 g/mol. The number of aryl methyl sites for hydroxylation is 1. The van der Waals surface area contributed by atoms with Crippen molar-refractivity contribution in [2.24, 2.45) is 0 Å². The Morgan fingerprint density at radius 3 is 2.29 bits per heavy atom. The van der Waals surface area contributed by atoms with Gasteiger partial charge in [-0.25, -0.2) is 4.79 Å². The fraction of sp³-hybridized carbons (Fsp3) is 0.207. The average Bonchev–Trinajstić information content (AvgIpc) is 3.40. The number of carbonyl (C=O) groups excluding carboxylic acids is 1. The van der Waals surface area contributed by atoms with E-state index in [2.05, 4.69) is 55.4 Å². The molecule has 2 aromatic heterocycles. The first-order valence-corrected chi connectivity index (χ1v) is 12.5. The van der Waals surface area contributed by atoms with Crippen LogP contribution in [0.15, 0.2) is 83.4 Å². The van der Waals surface area contributed by atoms with Gasteiger partial charge in [0.25, 0.3) is 0 Å². The van der Waals surface area contributed by atoms with E-state index >= 15 is 0 Å². The van der Waals surface area contributed by atoms with E-state index in [9.17, 15) is 4.79 Å². The van der Waals surface area contributed by atoms with Crippen molar-refractivity contribution in [3.05, 3.63) is 102 Å². The summed E-state index contributed by atoms with van der Waals surface area (Å²) in [6.07, 6.45) is 1.07. The zero-order valence-corrected chi connectivity index (χ0v) is 21.0. The molecule has 1 aliphatic rings. The van der Waals surface area contributed by atoms with Gasteiger partial charge in [-0.2, -0.15) is 5.21 Å². The van der Waals surface area contributed by atoms with Crippen molar-refractivity contribution in [3.63, 3.8) is 0 Å². The van der Waals surface area contributed by atoms with Gasteiger partial charge in [0, 0.05) is 8.42 Å². The molecule has 2 heterocycles. The summed E-state index contributed by atoms with van der Waals surface area (Å²) in [4.78, 5) is 12.6. The highest BCUT2D eigenvalue weighted by Gasteiger charge is 2.49. The molecule has 3 aromatic carbocycles. The summed E-state index contributed by atoms with van der Waals surface area (Å²) < 4.78 is 11.1. The van der Waals surface area contributed by atoms with Crippen molar-refractivity contribution < 1.29 is 16.9 Å². The summed E-state index contributed by atoms with van der Waals surface area (Å²) in [6, 6.07) is 26.0. The van der Waals surface area contributed by atoms with Gasteiger partial charge in [-0.05, 0) is 48.9 Å². The molecule has 1 atom stereocenters. The van der Waals surface area contributed by atoms with E-state index in [0.717, 1.165) is 40.9 Å². The number of aromatic amines is 1. The quantitative estimate of drug-likeness (QED) is 0.250. The van der Waals surface area contributed by atoms with Gasteiger partial charge < -0.3 is 9.26 Å². The van der Waals surface area contributed by atoms with Crippen LogP contribution in [0.5, 0.6) is 0 Å². The van der Waals surface area contributed by atoms with Crippen molar-refractivity contribution in [2.45, 2.75) is 38.2 Å². The molecule has 0 radical (unpaired) electrons. The second-order valence-corrected chi connectivity index (χ2v) is 9.53. The molecule has 1 fully saturated rings. The molecule has 1 aliphatic carbocycles. The third-order valence-corrected chi connectivity index (χ3v) is 7.08. The Labute approximate surface area is 222 Å². The number of hydrogen-bond donors (Lipinski definition) is 2. The standard InChI is InChI=1S/C29H26N6O3.2H2/c1-18-25(30-28(36)37-19(2)20-6-4-3-5-7-20)26(38-33-18)23-10-8-21(9-11-23)22-12-14-24(15-13-22)29(16-17-29)27-31-34-35-32-27;;/h3-15,19H,16-17H2,1-2H3,(H,30,36)(H,31,32,34,35);2*1H/t19-;;/m1../s1. The lowest BCUT2D eigenvalue weighted by Crippen LogP contribution is -2.16. The number of ether oxygens (including phenoxy) is 1. The van der Waals surface area contributed by atoms with Crippen LogP contribution in [0, 0.1) is 6.92 Å². The Morgan fingerprint density at radius 1 is 1.00 bits per heavy atom. The van der Waals surface area contributed by atoms with Crippen molar-refractivity contribution in [1.82, 2.24) is 25.8 Å². The lowest BCUT2D eigenvalue weighted by atomic mass is 9.93. The highest BCUT2D eigenvalue weighted by Crippen LogP contribution is 2.52. The van der Waals surface area contributed by atoms with Crippen LogP contribution < -0.4 is 5.32 Å². The normalized spacial score (nSPS) is 14.6. The van der Waals surface area contributed by atoms with E-state index in [0.29, 0.717) is 17.1 Å². The van der Waals surface area contributed by atoms with Crippen LogP contribution >= 0.6 is 0 Å². The van der Waals surface area contributed by atoms with E-state index in [-0.39, 0.29) is 8.27 Å². The minimum Gasteiger partial charge on any atom is -0.441 e. The topological polar surface area (TPSA) is 119 Å². The summed E-state index contributed by atoms with van der Waals surface area (Å²) in [5, 5.41) is 21.6. The number of nitrogens with zero attached hydrogens (tertiary/aromatic N) is 4. The number of benzene rings is 3. The summed E-state index contributed by atoms with van der Waals surface area (Å²) in [5.74, 6) is 1.23. The molecule has 194 valence electrons. The van der Waals surface area contributed by atoms with Crippen molar-refractivity contribution >= 4 is 11.8 Å². The van der Waals surface area contributed by atoms with Crippen molar-refractivity contribution in [1.29, 1.82) is 0 Å². The molecule has 0 unspecified atom stereocenters. The first kappa shape index (κ1) is 23.6. The van der Waals surface area contributed by atoms with E-state index in [4.69, 9.17) is 9.26 Å². The largest absolute Gasteiger partial charge is 0.441 e. The van der Waals surface area contributed by atoms with Crippen LogP contribution in [0.3, 0.4) is 0 Å². The number of nitrogens with one attached hydrogen (secondary N) is 2. The Kier molecular flexibility index (Phi) is 5.95. The maximum absolute atomic E-state index is 12.6. The van der Waals surface area contributed by atoms with Gasteiger partial charge in [0.05, 0.1) is 5.41 Å². The predicted molar refractivity (Wildman–Crippen MR) is 145 cm³/mol. The van der Waals surface area contributed by atoms with Crippen LogP contribution in [-0.2, 0) is 10.2 Å².